The summed E-state index contributed by atoms with van der Waals surface area (Å²) in [6, 6.07) is 1.78. The number of nitro benzene ring substituents is 2. The van der Waals surface area contributed by atoms with Crippen LogP contribution in [0.5, 0.6) is 0 Å². The first-order valence-electron chi connectivity index (χ1n) is 5.49. The summed E-state index contributed by atoms with van der Waals surface area (Å²) < 4.78 is 1.12. The molecule has 108 valence electrons. The highest BCUT2D eigenvalue weighted by Gasteiger charge is 2.24. The molecule has 0 aliphatic carbocycles. The molecule has 2 aromatic rings. The number of hydrogen-bond acceptors (Lipinski definition) is 7. The molecule has 0 atom stereocenters. The largest absolute Gasteiger partial charge is 0.279 e. The minimum atomic E-state index is -0.804. The van der Waals surface area contributed by atoms with Crippen LogP contribution in [0.3, 0.4) is 0 Å². The highest BCUT2D eigenvalue weighted by atomic mass is 16.6. The van der Waals surface area contributed by atoms with Crippen molar-refractivity contribution < 1.29 is 14.6 Å². The molecule has 0 radical (unpaired) electrons. The van der Waals surface area contributed by atoms with Gasteiger partial charge in [-0.15, -0.1) is 10.2 Å². The van der Waals surface area contributed by atoms with Crippen LogP contribution in [0.2, 0.25) is 0 Å². The lowest BCUT2D eigenvalue weighted by Crippen LogP contribution is -2.22. The standard InChI is InChI=1S/C10H8N6O5/c1-6-8(10(17)13-14-4-11-12-5-14)2-7(15(18)19)3-9(6)16(20)21/h2-5H,1H3,(H,13,17). The zero-order valence-electron chi connectivity index (χ0n) is 10.6. The van der Waals surface area contributed by atoms with Gasteiger partial charge in [-0.3, -0.25) is 30.4 Å². The summed E-state index contributed by atoms with van der Waals surface area (Å²) in [5.41, 5.74) is 1.12. The minimum absolute atomic E-state index is 0.0242. The second kappa shape index (κ2) is 5.32. The number of carbonyl (C=O) groups is 1. The average molecular weight is 292 g/mol. The first-order chi connectivity index (χ1) is 9.90. The number of carbonyl (C=O) groups excluding carboxylic acids is 1. The minimum Gasteiger partial charge on any atom is -0.267 e. The van der Waals surface area contributed by atoms with Crippen LogP contribution in [0, 0.1) is 27.2 Å². The molecule has 2 rings (SSSR count). The topological polar surface area (TPSA) is 146 Å². The zero-order chi connectivity index (χ0) is 15.6. The highest BCUT2D eigenvalue weighted by molar-refractivity contribution is 6.02. The van der Waals surface area contributed by atoms with Gasteiger partial charge in [0.05, 0.1) is 21.5 Å². The van der Waals surface area contributed by atoms with E-state index in [-0.39, 0.29) is 11.1 Å². The van der Waals surface area contributed by atoms with E-state index in [1.807, 2.05) is 0 Å². The molecule has 11 heteroatoms. The van der Waals surface area contributed by atoms with Gasteiger partial charge in [-0.05, 0) is 6.92 Å². The predicted molar refractivity (Wildman–Crippen MR) is 68.2 cm³/mol. The van der Waals surface area contributed by atoms with Crippen molar-refractivity contribution in [3.8, 4) is 0 Å². The van der Waals surface area contributed by atoms with Gasteiger partial charge in [-0.1, -0.05) is 0 Å². The molecule has 0 bridgehead atoms. The Bertz CT molecular complexity index is 726. The van der Waals surface area contributed by atoms with Crippen molar-refractivity contribution in [2.24, 2.45) is 0 Å². The van der Waals surface area contributed by atoms with Crippen LogP contribution in [0.25, 0.3) is 0 Å². The quantitative estimate of drug-likeness (QED) is 0.647. The number of amides is 1. The number of benzene rings is 1. The summed E-state index contributed by atoms with van der Waals surface area (Å²) in [5, 5.41) is 28.6. The van der Waals surface area contributed by atoms with E-state index in [1.165, 1.54) is 19.6 Å². The first kappa shape index (κ1) is 14.0. The fourth-order valence-electron chi connectivity index (χ4n) is 1.65. The Morgan fingerprint density at radius 2 is 1.81 bits per heavy atom. The lowest BCUT2D eigenvalue weighted by Gasteiger charge is -2.07. The Hall–Kier alpha value is -3.37. The van der Waals surface area contributed by atoms with Gasteiger partial charge in [0.2, 0.25) is 0 Å². The lowest BCUT2D eigenvalue weighted by molar-refractivity contribution is -0.394. The molecule has 1 amide bonds. The van der Waals surface area contributed by atoms with Gasteiger partial charge < -0.3 is 0 Å². The van der Waals surface area contributed by atoms with E-state index >= 15 is 0 Å². The third-order valence-electron chi connectivity index (χ3n) is 2.67. The fraction of sp³-hybridized carbons (Fsp3) is 0.100. The smallest absolute Gasteiger partial charge is 0.267 e. The number of rotatable bonds is 4. The maximum Gasteiger partial charge on any atom is 0.279 e. The summed E-state index contributed by atoms with van der Waals surface area (Å²) in [6.07, 6.45) is 2.39. The monoisotopic (exact) mass is 292 g/mol. The van der Waals surface area contributed by atoms with E-state index in [0.717, 1.165) is 16.8 Å². The molecule has 1 aromatic carbocycles. The number of non-ortho nitro benzene ring substituents is 1. The SMILES string of the molecule is Cc1c(C(=O)Nn2cnnc2)cc([N+](=O)[O-])cc1[N+](=O)[O-]. The van der Waals surface area contributed by atoms with Gasteiger partial charge in [0.15, 0.2) is 0 Å². The predicted octanol–water partition coefficient (Wildman–Crippen LogP) is 0.787. The third-order valence-corrected chi connectivity index (χ3v) is 2.67. The Balaban J connectivity index is 2.48. The van der Waals surface area contributed by atoms with Crippen LogP contribution in [0.15, 0.2) is 24.8 Å². The summed E-state index contributed by atoms with van der Waals surface area (Å²) in [4.78, 5) is 32.2. The molecule has 1 aromatic heterocycles. The molecule has 0 saturated heterocycles. The second-order valence-electron chi connectivity index (χ2n) is 3.96. The van der Waals surface area contributed by atoms with Gasteiger partial charge >= 0.3 is 0 Å². The zero-order valence-corrected chi connectivity index (χ0v) is 10.6. The van der Waals surface area contributed by atoms with Gasteiger partial charge in [0.1, 0.15) is 12.7 Å². The number of nitro groups is 2. The average Bonchev–Trinajstić information content (AvgIpc) is 2.90. The van der Waals surface area contributed by atoms with Crippen molar-refractivity contribution in [2.45, 2.75) is 6.92 Å². The van der Waals surface area contributed by atoms with Crippen molar-refractivity contribution in [2.75, 3.05) is 5.43 Å². The fourth-order valence-corrected chi connectivity index (χ4v) is 1.65. The normalized spacial score (nSPS) is 10.1. The van der Waals surface area contributed by atoms with Crippen molar-refractivity contribution >= 4 is 17.3 Å². The lowest BCUT2D eigenvalue weighted by atomic mass is 10.1. The van der Waals surface area contributed by atoms with Crippen molar-refractivity contribution in [3.63, 3.8) is 0 Å². The number of hydrogen-bond donors (Lipinski definition) is 1. The van der Waals surface area contributed by atoms with Gasteiger partial charge in [-0.25, -0.2) is 4.68 Å². The van der Waals surface area contributed by atoms with Crippen LogP contribution in [-0.2, 0) is 0 Å². The molecule has 21 heavy (non-hydrogen) atoms. The number of aromatic nitrogens is 3. The maximum absolute atomic E-state index is 12.0. The number of nitrogens with zero attached hydrogens (tertiary/aromatic N) is 5. The van der Waals surface area contributed by atoms with Crippen LogP contribution in [-0.4, -0.2) is 30.6 Å². The Morgan fingerprint density at radius 3 is 2.33 bits per heavy atom. The van der Waals surface area contributed by atoms with E-state index in [2.05, 4.69) is 15.6 Å². The Morgan fingerprint density at radius 1 is 1.19 bits per heavy atom. The van der Waals surface area contributed by atoms with E-state index in [1.54, 1.807) is 0 Å². The molecule has 11 nitrogen and oxygen atoms in total. The molecule has 1 N–H and O–H groups in total. The molecule has 0 spiro atoms. The molecule has 1 heterocycles. The van der Waals surface area contributed by atoms with Crippen LogP contribution in [0.1, 0.15) is 15.9 Å². The Labute approximate surface area is 116 Å². The van der Waals surface area contributed by atoms with Crippen molar-refractivity contribution in [1.82, 2.24) is 14.9 Å². The van der Waals surface area contributed by atoms with Crippen LogP contribution in [0.4, 0.5) is 11.4 Å². The van der Waals surface area contributed by atoms with Gasteiger partial charge in [-0.2, -0.15) is 0 Å². The summed E-state index contributed by atoms with van der Waals surface area (Å²) in [5.74, 6) is -0.751. The second-order valence-corrected chi connectivity index (χ2v) is 3.96. The summed E-state index contributed by atoms with van der Waals surface area (Å²) in [6.45, 7) is 1.34. The third kappa shape index (κ3) is 2.80. The first-order valence-corrected chi connectivity index (χ1v) is 5.49. The molecule has 0 aliphatic rings. The Kier molecular flexibility index (Phi) is 3.56. The molecule has 0 saturated carbocycles. The van der Waals surface area contributed by atoms with E-state index < -0.39 is 27.1 Å². The molecule has 0 aliphatic heterocycles. The molecular weight excluding hydrogens is 284 g/mol. The van der Waals surface area contributed by atoms with Gasteiger partial charge in [0, 0.05) is 11.6 Å². The number of nitrogens with one attached hydrogen (secondary N) is 1. The molecule has 0 unspecified atom stereocenters. The van der Waals surface area contributed by atoms with E-state index in [0.29, 0.717) is 0 Å². The van der Waals surface area contributed by atoms with Crippen LogP contribution < -0.4 is 5.43 Å². The highest BCUT2D eigenvalue weighted by Crippen LogP contribution is 2.28. The summed E-state index contributed by atoms with van der Waals surface area (Å²) >= 11 is 0. The van der Waals surface area contributed by atoms with Crippen molar-refractivity contribution in [3.05, 3.63) is 56.1 Å². The maximum atomic E-state index is 12.0. The van der Waals surface area contributed by atoms with Crippen LogP contribution >= 0.6 is 0 Å². The summed E-state index contributed by atoms with van der Waals surface area (Å²) in [7, 11) is 0. The van der Waals surface area contributed by atoms with Crippen molar-refractivity contribution in [1.29, 1.82) is 0 Å². The molecule has 0 fully saturated rings. The van der Waals surface area contributed by atoms with E-state index in [4.69, 9.17) is 0 Å². The van der Waals surface area contributed by atoms with Gasteiger partial charge in [0.25, 0.3) is 17.3 Å². The molecular formula is C10H8N6O5. The van der Waals surface area contributed by atoms with E-state index in [9.17, 15) is 25.0 Å².